The summed E-state index contributed by atoms with van der Waals surface area (Å²) in [6.07, 6.45) is -0.302. The van der Waals surface area contributed by atoms with E-state index in [2.05, 4.69) is 11.4 Å². The van der Waals surface area contributed by atoms with Crippen LogP contribution < -0.4 is 5.32 Å². The first-order valence-electron chi connectivity index (χ1n) is 6.45. The Balaban J connectivity index is 2.05. The molecular weight excluding hydrogens is 226 g/mol. The minimum absolute atomic E-state index is 0.277. The van der Waals surface area contributed by atoms with Crippen LogP contribution in [0.2, 0.25) is 0 Å². The van der Waals surface area contributed by atoms with Gasteiger partial charge in [0.2, 0.25) is 0 Å². The minimum atomic E-state index is -0.302. The minimum Gasteiger partial charge on any atom is -0.461 e. The van der Waals surface area contributed by atoms with Crippen LogP contribution in [0.4, 0.5) is 0 Å². The van der Waals surface area contributed by atoms with E-state index in [0.29, 0.717) is 6.54 Å². The summed E-state index contributed by atoms with van der Waals surface area (Å²) in [4.78, 5) is 0. The van der Waals surface area contributed by atoms with E-state index in [0.717, 1.165) is 23.3 Å². The number of benzene rings is 1. The van der Waals surface area contributed by atoms with E-state index in [9.17, 15) is 5.11 Å². The maximum atomic E-state index is 9.75. The zero-order valence-corrected chi connectivity index (χ0v) is 11.2. The standard InChI is InChI=1S/C15H21NO2/c1-10(2)14(17)9-16-8-13-11(3)18-15-7-5-4-6-12(13)15/h4-7,10,14,16-17H,8-9H2,1-3H3. The molecule has 18 heavy (non-hydrogen) atoms. The van der Waals surface area contributed by atoms with Crippen molar-refractivity contribution in [3.05, 3.63) is 35.6 Å². The van der Waals surface area contributed by atoms with Crippen molar-refractivity contribution in [1.82, 2.24) is 5.32 Å². The summed E-state index contributed by atoms with van der Waals surface area (Å²) in [5.74, 6) is 1.22. The van der Waals surface area contributed by atoms with Crippen LogP contribution >= 0.6 is 0 Å². The van der Waals surface area contributed by atoms with Crippen molar-refractivity contribution < 1.29 is 9.52 Å². The highest BCUT2D eigenvalue weighted by atomic mass is 16.3. The number of aliphatic hydroxyl groups excluding tert-OH is 1. The first-order chi connectivity index (χ1) is 8.59. The van der Waals surface area contributed by atoms with E-state index in [1.165, 1.54) is 5.56 Å². The van der Waals surface area contributed by atoms with E-state index < -0.39 is 0 Å². The summed E-state index contributed by atoms with van der Waals surface area (Å²) in [7, 11) is 0. The number of para-hydroxylation sites is 1. The third-order valence-corrected chi connectivity index (χ3v) is 3.33. The van der Waals surface area contributed by atoms with Gasteiger partial charge in [0.25, 0.3) is 0 Å². The maximum absolute atomic E-state index is 9.75. The molecule has 0 aliphatic rings. The highest BCUT2D eigenvalue weighted by molar-refractivity contribution is 5.82. The monoisotopic (exact) mass is 247 g/mol. The highest BCUT2D eigenvalue weighted by Gasteiger charge is 2.12. The van der Waals surface area contributed by atoms with Crippen molar-refractivity contribution in [2.24, 2.45) is 5.92 Å². The van der Waals surface area contributed by atoms with Gasteiger partial charge >= 0.3 is 0 Å². The molecule has 3 nitrogen and oxygen atoms in total. The van der Waals surface area contributed by atoms with Crippen LogP contribution in [0.25, 0.3) is 11.0 Å². The summed E-state index contributed by atoms with van der Waals surface area (Å²) in [6.45, 7) is 7.36. The van der Waals surface area contributed by atoms with Crippen LogP contribution in [0.5, 0.6) is 0 Å². The highest BCUT2D eigenvalue weighted by Crippen LogP contribution is 2.24. The predicted octanol–water partition coefficient (Wildman–Crippen LogP) is 2.85. The molecule has 0 radical (unpaired) electrons. The zero-order valence-electron chi connectivity index (χ0n) is 11.2. The lowest BCUT2D eigenvalue weighted by Gasteiger charge is -2.14. The number of fused-ring (bicyclic) bond motifs is 1. The quantitative estimate of drug-likeness (QED) is 0.854. The van der Waals surface area contributed by atoms with Crippen molar-refractivity contribution in [1.29, 1.82) is 0 Å². The van der Waals surface area contributed by atoms with Gasteiger partial charge in [-0.3, -0.25) is 0 Å². The lowest BCUT2D eigenvalue weighted by Crippen LogP contribution is -2.30. The Kier molecular flexibility index (Phi) is 4.04. The molecule has 2 aromatic rings. The van der Waals surface area contributed by atoms with Crippen LogP contribution in [0, 0.1) is 12.8 Å². The van der Waals surface area contributed by atoms with Crippen molar-refractivity contribution in [2.75, 3.05) is 6.54 Å². The van der Waals surface area contributed by atoms with Gasteiger partial charge in [0.05, 0.1) is 6.10 Å². The van der Waals surface area contributed by atoms with Gasteiger partial charge in [0.1, 0.15) is 11.3 Å². The average molecular weight is 247 g/mol. The van der Waals surface area contributed by atoms with Gasteiger partial charge in [-0.05, 0) is 18.9 Å². The SMILES string of the molecule is Cc1oc2ccccc2c1CNCC(O)C(C)C. The molecule has 2 rings (SSSR count). The molecule has 0 spiro atoms. The summed E-state index contributed by atoms with van der Waals surface area (Å²) >= 11 is 0. The molecule has 1 aromatic carbocycles. The molecule has 0 saturated heterocycles. The van der Waals surface area contributed by atoms with E-state index in [1.807, 2.05) is 39.0 Å². The van der Waals surface area contributed by atoms with Crippen molar-refractivity contribution in [2.45, 2.75) is 33.4 Å². The first-order valence-corrected chi connectivity index (χ1v) is 6.45. The Bertz CT molecular complexity index is 516. The summed E-state index contributed by atoms with van der Waals surface area (Å²) in [6, 6.07) is 8.05. The Morgan fingerprint density at radius 2 is 2.00 bits per heavy atom. The lowest BCUT2D eigenvalue weighted by molar-refractivity contribution is 0.123. The fourth-order valence-electron chi connectivity index (χ4n) is 2.02. The van der Waals surface area contributed by atoms with E-state index in [4.69, 9.17) is 4.42 Å². The molecule has 1 heterocycles. The molecule has 0 fully saturated rings. The van der Waals surface area contributed by atoms with Gasteiger partial charge in [-0.1, -0.05) is 32.0 Å². The normalized spacial score (nSPS) is 13.4. The lowest BCUT2D eigenvalue weighted by atomic mass is 10.1. The van der Waals surface area contributed by atoms with Gasteiger partial charge < -0.3 is 14.8 Å². The zero-order chi connectivity index (χ0) is 13.1. The van der Waals surface area contributed by atoms with Crippen LogP contribution in [0.3, 0.4) is 0 Å². The number of furan rings is 1. The molecule has 2 N–H and O–H groups in total. The number of aliphatic hydroxyl groups is 1. The van der Waals surface area contributed by atoms with Gasteiger partial charge in [-0.15, -0.1) is 0 Å². The molecule has 3 heteroatoms. The van der Waals surface area contributed by atoms with Crippen LogP contribution in [0.1, 0.15) is 25.2 Å². The number of hydrogen-bond donors (Lipinski definition) is 2. The van der Waals surface area contributed by atoms with Gasteiger partial charge in [0, 0.05) is 24.0 Å². The van der Waals surface area contributed by atoms with E-state index in [1.54, 1.807) is 0 Å². The molecule has 1 atom stereocenters. The van der Waals surface area contributed by atoms with Crippen LogP contribution in [-0.2, 0) is 6.54 Å². The summed E-state index contributed by atoms with van der Waals surface area (Å²) in [5.41, 5.74) is 2.11. The fourth-order valence-corrected chi connectivity index (χ4v) is 2.02. The smallest absolute Gasteiger partial charge is 0.134 e. The Labute approximate surface area is 108 Å². The second kappa shape index (κ2) is 5.55. The van der Waals surface area contributed by atoms with Gasteiger partial charge in [0.15, 0.2) is 0 Å². The molecule has 0 bridgehead atoms. The predicted molar refractivity (Wildman–Crippen MR) is 73.5 cm³/mol. The number of hydrogen-bond acceptors (Lipinski definition) is 3. The van der Waals surface area contributed by atoms with Crippen molar-refractivity contribution in [3.63, 3.8) is 0 Å². The topological polar surface area (TPSA) is 45.4 Å². The second-order valence-corrected chi connectivity index (χ2v) is 5.08. The van der Waals surface area contributed by atoms with E-state index in [-0.39, 0.29) is 12.0 Å². The molecule has 1 aromatic heterocycles. The van der Waals surface area contributed by atoms with Crippen LogP contribution in [-0.4, -0.2) is 17.8 Å². The van der Waals surface area contributed by atoms with Crippen LogP contribution in [0.15, 0.2) is 28.7 Å². The molecule has 0 aliphatic heterocycles. The Hall–Kier alpha value is -1.32. The molecule has 98 valence electrons. The second-order valence-electron chi connectivity index (χ2n) is 5.08. The molecule has 0 aliphatic carbocycles. The number of aryl methyl sites for hydroxylation is 1. The third-order valence-electron chi connectivity index (χ3n) is 3.33. The van der Waals surface area contributed by atoms with Crippen molar-refractivity contribution >= 4 is 11.0 Å². The Morgan fingerprint density at radius 1 is 1.28 bits per heavy atom. The van der Waals surface area contributed by atoms with Crippen molar-refractivity contribution in [3.8, 4) is 0 Å². The van der Waals surface area contributed by atoms with Gasteiger partial charge in [-0.25, -0.2) is 0 Å². The third kappa shape index (κ3) is 2.74. The molecule has 1 unspecified atom stereocenters. The summed E-state index contributed by atoms with van der Waals surface area (Å²) < 4.78 is 5.70. The fraction of sp³-hybridized carbons (Fsp3) is 0.467. The number of rotatable bonds is 5. The molecule has 0 saturated carbocycles. The van der Waals surface area contributed by atoms with E-state index >= 15 is 0 Å². The number of nitrogens with one attached hydrogen (secondary N) is 1. The Morgan fingerprint density at radius 3 is 2.72 bits per heavy atom. The largest absolute Gasteiger partial charge is 0.461 e. The average Bonchev–Trinajstić information content (AvgIpc) is 2.65. The maximum Gasteiger partial charge on any atom is 0.134 e. The first kappa shape index (κ1) is 13.1. The molecular formula is C15H21NO2. The summed E-state index contributed by atoms with van der Waals surface area (Å²) in [5, 5.41) is 14.2. The molecule has 0 amide bonds. The van der Waals surface area contributed by atoms with Gasteiger partial charge in [-0.2, -0.15) is 0 Å².